The van der Waals surface area contributed by atoms with E-state index in [1.165, 1.54) is 12.6 Å². The van der Waals surface area contributed by atoms with Crippen LogP contribution in [0, 0.1) is 34.5 Å². The maximum absolute atomic E-state index is 12.0. The van der Waals surface area contributed by atoms with Crippen molar-refractivity contribution < 1.29 is 15.4 Å². The highest BCUT2D eigenvalue weighted by Gasteiger charge is 2.66. The summed E-state index contributed by atoms with van der Waals surface area (Å²) in [6.45, 7) is 4.75. The van der Waals surface area contributed by atoms with Gasteiger partial charge in [0.15, 0.2) is 0 Å². The van der Waals surface area contributed by atoms with E-state index in [-0.39, 0.29) is 16.9 Å². The number of allylic oxidation sites excluding steroid dienone is 2. The SMILES string of the molecule is C[C@]12CC[C@H](O)C[C@H]1CC[C@@H]1[C@@H]2CC[C@]2(C)[C@@H](/C=C/C=N/O)CC[C@]12O. The molecule has 0 unspecified atom stereocenters. The van der Waals surface area contributed by atoms with Gasteiger partial charge in [0.05, 0.1) is 17.9 Å². The molecule has 0 spiro atoms. The molecule has 3 N–H and O–H groups in total. The number of aliphatic hydroxyl groups is 2. The number of hydrogen-bond acceptors (Lipinski definition) is 4. The van der Waals surface area contributed by atoms with E-state index in [2.05, 4.69) is 25.1 Å². The van der Waals surface area contributed by atoms with Crippen molar-refractivity contribution in [3.8, 4) is 0 Å². The minimum atomic E-state index is -0.578. The molecule has 0 aromatic heterocycles. The summed E-state index contributed by atoms with van der Waals surface area (Å²) in [5.41, 5.74) is -0.368. The Hall–Kier alpha value is -0.870. The van der Waals surface area contributed by atoms with E-state index in [4.69, 9.17) is 5.21 Å². The van der Waals surface area contributed by atoms with Gasteiger partial charge >= 0.3 is 0 Å². The third kappa shape index (κ3) is 2.44. The Bertz CT molecular complexity index is 604. The Morgan fingerprint density at radius 1 is 0.962 bits per heavy atom. The fourth-order valence-corrected chi connectivity index (χ4v) is 7.77. The van der Waals surface area contributed by atoms with Crippen LogP contribution in [-0.2, 0) is 0 Å². The predicted molar refractivity (Wildman–Crippen MR) is 102 cm³/mol. The van der Waals surface area contributed by atoms with Crippen LogP contribution in [-0.4, -0.2) is 33.3 Å². The standard InChI is InChI=1S/C22H35NO3/c1-20-10-8-17(24)14-16(20)5-6-19-18(20)9-11-21(2)15(4-3-13-23-26)7-12-22(19,21)25/h3-4,13,15-19,24-26H,5-12,14H2,1-2H3/b4-3+,23-13+/t15-,16+,17-,18-,19+,20-,21+,22-/m0/s1. The van der Waals surface area contributed by atoms with Gasteiger partial charge in [-0.1, -0.05) is 25.1 Å². The van der Waals surface area contributed by atoms with Crippen LogP contribution in [0.1, 0.15) is 71.6 Å². The van der Waals surface area contributed by atoms with Crippen LogP contribution in [0.2, 0.25) is 0 Å². The summed E-state index contributed by atoms with van der Waals surface area (Å²) in [6.07, 6.45) is 14.7. The maximum atomic E-state index is 12.0. The van der Waals surface area contributed by atoms with Gasteiger partial charge in [-0.15, -0.1) is 0 Å². The van der Waals surface area contributed by atoms with Gasteiger partial charge in [-0.25, -0.2) is 0 Å². The summed E-state index contributed by atoms with van der Waals surface area (Å²) < 4.78 is 0. The number of rotatable bonds is 2. The molecule has 0 aliphatic heterocycles. The highest BCUT2D eigenvalue weighted by molar-refractivity contribution is 5.70. The molecule has 4 saturated carbocycles. The van der Waals surface area contributed by atoms with Crippen LogP contribution < -0.4 is 0 Å². The zero-order valence-corrected chi connectivity index (χ0v) is 16.3. The Labute approximate surface area is 157 Å². The number of oxime groups is 1. The molecule has 4 aliphatic rings. The van der Waals surface area contributed by atoms with Crippen molar-refractivity contribution in [1.29, 1.82) is 0 Å². The third-order valence-electron chi connectivity index (χ3n) is 9.39. The van der Waals surface area contributed by atoms with Gasteiger partial charge < -0.3 is 15.4 Å². The lowest BCUT2D eigenvalue weighted by molar-refractivity contribution is -0.207. The highest BCUT2D eigenvalue weighted by Crippen LogP contribution is 2.69. The van der Waals surface area contributed by atoms with Crippen molar-refractivity contribution in [2.24, 2.45) is 39.7 Å². The monoisotopic (exact) mass is 361 g/mol. The lowest BCUT2D eigenvalue weighted by Gasteiger charge is -2.63. The minimum Gasteiger partial charge on any atom is -0.411 e. The first kappa shape index (κ1) is 18.5. The van der Waals surface area contributed by atoms with E-state index in [9.17, 15) is 10.2 Å². The van der Waals surface area contributed by atoms with Crippen LogP contribution in [0.25, 0.3) is 0 Å². The first-order valence-corrected chi connectivity index (χ1v) is 10.6. The van der Waals surface area contributed by atoms with Gasteiger partial charge in [0.25, 0.3) is 0 Å². The molecular weight excluding hydrogens is 326 g/mol. The fourth-order valence-electron chi connectivity index (χ4n) is 7.77. The van der Waals surface area contributed by atoms with Crippen LogP contribution in [0.5, 0.6) is 0 Å². The average Bonchev–Trinajstić information content (AvgIpc) is 2.88. The summed E-state index contributed by atoms with van der Waals surface area (Å²) in [5.74, 6) is 1.96. The molecule has 4 fully saturated rings. The van der Waals surface area contributed by atoms with Gasteiger partial charge in [-0.2, -0.15) is 0 Å². The molecule has 8 atom stereocenters. The summed E-state index contributed by atoms with van der Waals surface area (Å²) in [7, 11) is 0. The van der Waals surface area contributed by atoms with Crippen molar-refractivity contribution in [3.63, 3.8) is 0 Å². The Morgan fingerprint density at radius 2 is 1.77 bits per heavy atom. The molecule has 0 aromatic rings. The molecule has 0 saturated heterocycles. The molecule has 4 nitrogen and oxygen atoms in total. The second kappa shape index (κ2) is 6.34. The van der Waals surface area contributed by atoms with Gasteiger partial charge in [-0.3, -0.25) is 0 Å². The van der Waals surface area contributed by atoms with Crippen molar-refractivity contribution in [2.75, 3.05) is 0 Å². The Kier molecular flexibility index (Phi) is 4.51. The number of aliphatic hydroxyl groups excluding tert-OH is 1. The second-order valence-electron chi connectivity index (χ2n) is 10.1. The largest absolute Gasteiger partial charge is 0.411 e. The molecular formula is C22H35NO3. The normalized spacial score (nSPS) is 54.2. The highest BCUT2D eigenvalue weighted by atomic mass is 16.4. The summed E-state index contributed by atoms with van der Waals surface area (Å²) in [6, 6.07) is 0. The molecule has 4 aliphatic carbocycles. The third-order valence-corrected chi connectivity index (χ3v) is 9.39. The van der Waals surface area contributed by atoms with Gasteiger partial charge in [0.2, 0.25) is 0 Å². The van der Waals surface area contributed by atoms with Crippen LogP contribution in [0.3, 0.4) is 0 Å². The molecule has 146 valence electrons. The van der Waals surface area contributed by atoms with Crippen LogP contribution in [0.15, 0.2) is 17.3 Å². The zero-order valence-electron chi connectivity index (χ0n) is 16.3. The fraction of sp³-hybridized carbons (Fsp3) is 0.864. The second-order valence-corrected chi connectivity index (χ2v) is 10.1. The molecule has 0 heterocycles. The first-order chi connectivity index (χ1) is 12.3. The zero-order chi connectivity index (χ0) is 18.6. The first-order valence-electron chi connectivity index (χ1n) is 10.6. The van der Waals surface area contributed by atoms with Crippen LogP contribution in [0.4, 0.5) is 0 Å². The van der Waals surface area contributed by atoms with E-state index in [1.54, 1.807) is 0 Å². The van der Waals surface area contributed by atoms with Crippen molar-refractivity contribution >= 4 is 6.21 Å². The van der Waals surface area contributed by atoms with Crippen molar-refractivity contribution in [2.45, 2.75) is 83.3 Å². The topological polar surface area (TPSA) is 73.1 Å². The minimum absolute atomic E-state index is 0.0780. The smallest absolute Gasteiger partial charge is 0.0737 e. The van der Waals surface area contributed by atoms with E-state index in [1.807, 2.05) is 6.08 Å². The molecule has 0 radical (unpaired) electrons. The average molecular weight is 362 g/mol. The Balaban J connectivity index is 1.62. The Morgan fingerprint density at radius 3 is 2.54 bits per heavy atom. The van der Waals surface area contributed by atoms with Gasteiger partial charge in [-0.05, 0) is 93.0 Å². The number of hydrogen-bond donors (Lipinski definition) is 3. The molecule has 4 heteroatoms. The van der Waals surface area contributed by atoms with Gasteiger partial charge in [0, 0.05) is 5.41 Å². The van der Waals surface area contributed by atoms with Gasteiger partial charge in [0.1, 0.15) is 0 Å². The quantitative estimate of drug-likeness (QED) is 0.393. The number of fused-ring (bicyclic) bond motifs is 5. The molecule has 4 rings (SSSR count). The van der Waals surface area contributed by atoms with Crippen molar-refractivity contribution in [3.05, 3.63) is 12.2 Å². The van der Waals surface area contributed by atoms with E-state index < -0.39 is 5.60 Å². The molecule has 0 amide bonds. The lowest BCUT2D eigenvalue weighted by atomic mass is 9.43. The lowest BCUT2D eigenvalue weighted by Crippen LogP contribution is -2.62. The summed E-state index contributed by atoms with van der Waals surface area (Å²) >= 11 is 0. The molecule has 0 aromatic carbocycles. The summed E-state index contributed by atoms with van der Waals surface area (Å²) in [4.78, 5) is 0. The van der Waals surface area contributed by atoms with Crippen LogP contribution >= 0.6 is 0 Å². The summed E-state index contributed by atoms with van der Waals surface area (Å²) in [5, 5.41) is 33.9. The number of nitrogens with zero attached hydrogens (tertiary/aromatic N) is 1. The van der Waals surface area contributed by atoms with E-state index >= 15 is 0 Å². The predicted octanol–water partition coefficient (Wildman–Crippen LogP) is 4.14. The van der Waals surface area contributed by atoms with Crippen molar-refractivity contribution in [1.82, 2.24) is 0 Å². The van der Waals surface area contributed by atoms with E-state index in [0.717, 1.165) is 51.4 Å². The molecule has 26 heavy (non-hydrogen) atoms. The molecule has 0 bridgehead atoms. The van der Waals surface area contributed by atoms with E-state index in [0.29, 0.717) is 23.7 Å². The maximum Gasteiger partial charge on any atom is 0.0737 e.